The van der Waals surface area contributed by atoms with Crippen molar-refractivity contribution in [2.24, 2.45) is 5.92 Å². The van der Waals surface area contributed by atoms with Crippen molar-refractivity contribution in [1.29, 1.82) is 0 Å². The van der Waals surface area contributed by atoms with Gasteiger partial charge in [-0.1, -0.05) is 26.2 Å². The molecule has 0 radical (unpaired) electrons. The molecule has 0 aromatic heterocycles. The van der Waals surface area contributed by atoms with Crippen LogP contribution in [0, 0.1) is 16.0 Å². The van der Waals surface area contributed by atoms with Gasteiger partial charge in [0.05, 0.1) is 11.5 Å². The number of nitro benzene ring substituents is 1. The molecule has 1 fully saturated rings. The number of rotatable bonds is 8. The minimum atomic E-state index is -0.400. The molecule has 0 atom stereocenters. The van der Waals surface area contributed by atoms with E-state index in [0.717, 1.165) is 24.6 Å². The van der Waals surface area contributed by atoms with E-state index in [9.17, 15) is 10.1 Å². The topological polar surface area (TPSA) is 64.4 Å². The van der Waals surface area contributed by atoms with Crippen LogP contribution in [-0.4, -0.2) is 18.1 Å². The van der Waals surface area contributed by atoms with E-state index in [1.807, 2.05) is 6.92 Å². The number of ether oxygens (including phenoxy) is 1. The van der Waals surface area contributed by atoms with E-state index in [1.54, 1.807) is 12.1 Å². The van der Waals surface area contributed by atoms with Crippen LogP contribution >= 0.6 is 0 Å². The smallest absolute Gasteiger partial charge is 0.311 e. The lowest BCUT2D eigenvalue weighted by Gasteiger charge is -2.25. The lowest BCUT2D eigenvalue weighted by molar-refractivity contribution is -0.385. The zero-order valence-corrected chi connectivity index (χ0v) is 11.9. The summed E-state index contributed by atoms with van der Waals surface area (Å²) >= 11 is 0. The van der Waals surface area contributed by atoms with E-state index in [2.05, 4.69) is 5.32 Å². The second kappa shape index (κ2) is 7.12. The summed E-state index contributed by atoms with van der Waals surface area (Å²) in [6, 6.07) is 4.99. The predicted molar refractivity (Wildman–Crippen MR) is 79.3 cm³/mol. The lowest BCUT2D eigenvalue weighted by atomic mass is 9.83. The third kappa shape index (κ3) is 3.85. The van der Waals surface area contributed by atoms with Gasteiger partial charge < -0.3 is 10.1 Å². The van der Waals surface area contributed by atoms with Gasteiger partial charge in [-0.3, -0.25) is 10.1 Å². The maximum absolute atomic E-state index is 11.0. The highest BCUT2D eigenvalue weighted by Crippen LogP contribution is 2.31. The Hall–Kier alpha value is -1.78. The molecule has 0 heterocycles. The van der Waals surface area contributed by atoms with Crippen molar-refractivity contribution in [3.8, 4) is 5.75 Å². The van der Waals surface area contributed by atoms with Crippen LogP contribution in [0.3, 0.4) is 0 Å². The van der Waals surface area contributed by atoms with E-state index in [1.165, 1.54) is 31.7 Å². The average Bonchev–Trinajstić information content (AvgIpc) is 2.39. The fraction of sp³-hybridized carbons (Fsp3) is 0.600. The highest BCUT2D eigenvalue weighted by Gasteiger charge is 2.17. The van der Waals surface area contributed by atoms with Crippen LogP contribution in [0.1, 0.15) is 39.0 Å². The van der Waals surface area contributed by atoms with Gasteiger partial charge in [0, 0.05) is 24.4 Å². The maximum atomic E-state index is 11.0. The molecular weight excluding hydrogens is 256 g/mol. The molecule has 1 aromatic rings. The highest BCUT2D eigenvalue weighted by molar-refractivity contribution is 5.58. The summed E-state index contributed by atoms with van der Waals surface area (Å²) in [5, 5.41) is 14.3. The summed E-state index contributed by atoms with van der Waals surface area (Å²) in [7, 11) is 0. The SMILES string of the molecule is CCCOc1cc(NCCC2CCC2)ccc1[N+](=O)[O-]. The van der Waals surface area contributed by atoms with Gasteiger partial charge in [-0.15, -0.1) is 0 Å². The molecule has 1 aromatic carbocycles. The largest absolute Gasteiger partial charge is 0.487 e. The van der Waals surface area contributed by atoms with Gasteiger partial charge in [-0.25, -0.2) is 0 Å². The Morgan fingerprint density at radius 3 is 2.85 bits per heavy atom. The molecule has 5 heteroatoms. The Labute approximate surface area is 119 Å². The molecular formula is C15H22N2O3. The van der Waals surface area contributed by atoms with E-state index in [-0.39, 0.29) is 5.69 Å². The molecule has 0 spiro atoms. The van der Waals surface area contributed by atoms with E-state index in [0.29, 0.717) is 12.4 Å². The van der Waals surface area contributed by atoms with Gasteiger partial charge in [-0.05, 0) is 24.8 Å². The lowest BCUT2D eigenvalue weighted by Crippen LogP contribution is -2.15. The minimum Gasteiger partial charge on any atom is -0.487 e. The Morgan fingerprint density at radius 1 is 1.45 bits per heavy atom. The van der Waals surface area contributed by atoms with E-state index >= 15 is 0 Å². The van der Waals surface area contributed by atoms with Crippen molar-refractivity contribution < 1.29 is 9.66 Å². The average molecular weight is 278 g/mol. The Balaban J connectivity index is 1.95. The molecule has 0 bridgehead atoms. The molecule has 1 aliphatic rings. The monoisotopic (exact) mass is 278 g/mol. The van der Waals surface area contributed by atoms with Gasteiger partial charge in [0.15, 0.2) is 5.75 Å². The predicted octanol–water partition coefficient (Wildman–Crippen LogP) is 3.99. The number of anilines is 1. The van der Waals surface area contributed by atoms with Crippen LogP contribution in [0.25, 0.3) is 0 Å². The number of nitro groups is 1. The molecule has 0 amide bonds. The van der Waals surface area contributed by atoms with Crippen molar-refractivity contribution in [2.75, 3.05) is 18.5 Å². The normalized spacial score (nSPS) is 14.7. The van der Waals surface area contributed by atoms with Gasteiger partial charge >= 0.3 is 5.69 Å². The number of nitrogens with one attached hydrogen (secondary N) is 1. The number of nitrogens with zero attached hydrogens (tertiary/aromatic N) is 1. The van der Waals surface area contributed by atoms with Crippen molar-refractivity contribution in [2.45, 2.75) is 39.0 Å². The van der Waals surface area contributed by atoms with Gasteiger partial charge in [0.25, 0.3) is 0 Å². The van der Waals surface area contributed by atoms with Crippen LogP contribution < -0.4 is 10.1 Å². The summed E-state index contributed by atoms with van der Waals surface area (Å²) in [6.07, 6.45) is 6.04. The summed E-state index contributed by atoms with van der Waals surface area (Å²) in [6.45, 7) is 3.38. The quantitative estimate of drug-likeness (QED) is 0.577. The molecule has 1 N–H and O–H groups in total. The molecule has 0 saturated heterocycles. The van der Waals surface area contributed by atoms with Crippen molar-refractivity contribution in [3.05, 3.63) is 28.3 Å². The number of hydrogen-bond donors (Lipinski definition) is 1. The fourth-order valence-electron chi connectivity index (χ4n) is 2.30. The van der Waals surface area contributed by atoms with Crippen molar-refractivity contribution >= 4 is 11.4 Å². The molecule has 1 aliphatic carbocycles. The van der Waals surface area contributed by atoms with Crippen molar-refractivity contribution in [1.82, 2.24) is 0 Å². The van der Waals surface area contributed by atoms with Gasteiger partial charge in [0.1, 0.15) is 0 Å². The van der Waals surface area contributed by atoms with E-state index < -0.39 is 4.92 Å². The molecule has 5 nitrogen and oxygen atoms in total. The van der Waals surface area contributed by atoms with Crippen molar-refractivity contribution in [3.63, 3.8) is 0 Å². The zero-order chi connectivity index (χ0) is 14.4. The van der Waals surface area contributed by atoms with E-state index in [4.69, 9.17) is 4.74 Å². The second-order valence-electron chi connectivity index (χ2n) is 5.30. The van der Waals surface area contributed by atoms with Crippen LogP contribution in [-0.2, 0) is 0 Å². The summed E-state index contributed by atoms with van der Waals surface area (Å²) in [5.74, 6) is 1.21. The second-order valence-corrected chi connectivity index (χ2v) is 5.30. The summed E-state index contributed by atoms with van der Waals surface area (Å²) < 4.78 is 5.47. The van der Waals surface area contributed by atoms with Crippen LogP contribution in [0.4, 0.5) is 11.4 Å². The fourth-order valence-corrected chi connectivity index (χ4v) is 2.30. The Morgan fingerprint density at radius 2 is 2.25 bits per heavy atom. The van der Waals surface area contributed by atoms with Crippen LogP contribution in [0.15, 0.2) is 18.2 Å². The first-order valence-electron chi connectivity index (χ1n) is 7.35. The summed E-state index contributed by atoms with van der Waals surface area (Å²) in [5.41, 5.74) is 0.920. The minimum absolute atomic E-state index is 0.0305. The molecule has 110 valence electrons. The highest BCUT2D eigenvalue weighted by atomic mass is 16.6. The number of benzene rings is 1. The first-order chi connectivity index (χ1) is 9.70. The third-order valence-electron chi connectivity index (χ3n) is 3.72. The molecule has 2 rings (SSSR count). The molecule has 0 aliphatic heterocycles. The maximum Gasteiger partial charge on any atom is 0.311 e. The number of hydrogen-bond acceptors (Lipinski definition) is 4. The molecule has 0 unspecified atom stereocenters. The third-order valence-corrected chi connectivity index (χ3v) is 3.72. The van der Waals surface area contributed by atoms with Crippen LogP contribution in [0.2, 0.25) is 0 Å². The Kier molecular flexibility index (Phi) is 5.21. The van der Waals surface area contributed by atoms with Gasteiger partial charge in [0.2, 0.25) is 0 Å². The van der Waals surface area contributed by atoms with Crippen LogP contribution in [0.5, 0.6) is 5.75 Å². The standard InChI is InChI=1S/C15H22N2O3/c1-2-10-20-15-11-13(6-7-14(15)17(18)19)16-9-8-12-4-3-5-12/h6-7,11-12,16H,2-5,8-10H2,1H3. The van der Waals surface area contributed by atoms with Gasteiger partial charge in [-0.2, -0.15) is 0 Å². The molecule has 1 saturated carbocycles. The zero-order valence-electron chi connectivity index (χ0n) is 11.9. The Bertz CT molecular complexity index is 458. The molecule has 20 heavy (non-hydrogen) atoms. The summed E-state index contributed by atoms with van der Waals surface area (Å²) in [4.78, 5) is 10.6. The first-order valence-corrected chi connectivity index (χ1v) is 7.35. The first kappa shape index (κ1) is 14.6.